The van der Waals surface area contributed by atoms with Crippen molar-refractivity contribution in [3.63, 3.8) is 0 Å². The Morgan fingerprint density at radius 3 is 2.75 bits per heavy atom. The third-order valence-electron chi connectivity index (χ3n) is 1.78. The topological polar surface area (TPSA) is 55.4 Å². The number of hydrogen-bond donors (Lipinski definition) is 1. The van der Waals surface area contributed by atoms with Crippen molar-refractivity contribution < 1.29 is 14.3 Å². The third kappa shape index (κ3) is 3.21. The lowest BCUT2D eigenvalue weighted by Crippen LogP contribution is -2.13. The SMILES string of the molecule is COC(=O)c1cc(NC(=O)CBr)ccc1Cl. The molecule has 1 N–H and O–H groups in total. The van der Waals surface area contributed by atoms with Gasteiger partial charge >= 0.3 is 5.97 Å². The number of halogens is 2. The molecular formula is C10H9BrClNO3. The van der Waals surface area contributed by atoms with Crippen LogP contribution >= 0.6 is 27.5 Å². The number of anilines is 1. The van der Waals surface area contributed by atoms with E-state index in [0.29, 0.717) is 5.69 Å². The Balaban J connectivity index is 2.98. The van der Waals surface area contributed by atoms with Gasteiger partial charge in [-0.1, -0.05) is 27.5 Å². The Morgan fingerprint density at radius 1 is 1.50 bits per heavy atom. The number of alkyl halides is 1. The molecule has 0 spiro atoms. The van der Waals surface area contributed by atoms with Gasteiger partial charge in [0.05, 0.1) is 23.0 Å². The lowest BCUT2D eigenvalue weighted by molar-refractivity contribution is -0.113. The summed E-state index contributed by atoms with van der Waals surface area (Å²) < 4.78 is 4.56. The van der Waals surface area contributed by atoms with Gasteiger partial charge in [-0.15, -0.1) is 0 Å². The van der Waals surface area contributed by atoms with E-state index in [2.05, 4.69) is 26.0 Å². The van der Waals surface area contributed by atoms with Crippen molar-refractivity contribution in [2.24, 2.45) is 0 Å². The van der Waals surface area contributed by atoms with E-state index < -0.39 is 5.97 Å². The van der Waals surface area contributed by atoms with Gasteiger partial charge in [0, 0.05) is 5.69 Å². The third-order valence-corrected chi connectivity index (χ3v) is 2.62. The Kier molecular flexibility index (Phi) is 4.76. The molecule has 1 rings (SSSR count). The maximum Gasteiger partial charge on any atom is 0.339 e. The number of esters is 1. The first-order chi connectivity index (χ1) is 7.58. The Bertz CT molecular complexity index is 423. The zero-order chi connectivity index (χ0) is 12.1. The van der Waals surface area contributed by atoms with Crippen LogP contribution < -0.4 is 5.32 Å². The van der Waals surface area contributed by atoms with E-state index in [4.69, 9.17) is 11.6 Å². The minimum atomic E-state index is -0.542. The van der Waals surface area contributed by atoms with Gasteiger partial charge in [-0.25, -0.2) is 4.79 Å². The zero-order valence-corrected chi connectivity index (χ0v) is 10.8. The summed E-state index contributed by atoms with van der Waals surface area (Å²) in [7, 11) is 1.27. The van der Waals surface area contributed by atoms with Crippen LogP contribution in [0, 0.1) is 0 Å². The van der Waals surface area contributed by atoms with E-state index in [1.54, 1.807) is 6.07 Å². The van der Waals surface area contributed by atoms with Gasteiger partial charge < -0.3 is 10.1 Å². The second-order valence-electron chi connectivity index (χ2n) is 2.87. The molecule has 0 atom stereocenters. The molecule has 0 saturated carbocycles. The largest absolute Gasteiger partial charge is 0.465 e. The van der Waals surface area contributed by atoms with E-state index in [1.165, 1.54) is 19.2 Å². The van der Waals surface area contributed by atoms with E-state index in [-0.39, 0.29) is 21.8 Å². The summed E-state index contributed by atoms with van der Waals surface area (Å²) in [4.78, 5) is 22.4. The number of rotatable bonds is 3. The fourth-order valence-electron chi connectivity index (χ4n) is 1.06. The highest BCUT2D eigenvalue weighted by molar-refractivity contribution is 9.09. The lowest BCUT2D eigenvalue weighted by atomic mass is 10.2. The van der Waals surface area contributed by atoms with Crippen LogP contribution in [0.1, 0.15) is 10.4 Å². The molecule has 0 heterocycles. The summed E-state index contributed by atoms with van der Waals surface area (Å²) >= 11 is 8.84. The molecular weight excluding hydrogens is 297 g/mol. The van der Waals surface area contributed by atoms with Crippen molar-refractivity contribution in [2.45, 2.75) is 0 Å². The van der Waals surface area contributed by atoms with Crippen LogP contribution in [-0.4, -0.2) is 24.3 Å². The Morgan fingerprint density at radius 2 is 2.19 bits per heavy atom. The van der Waals surface area contributed by atoms with Crippen LogP contribution in [0.25, 0.3) is 0 Å². The summed E-state index contributed by atoms with van der Waals surface area (Å²) in [5, 5.41) is 3.05. The van der Waals surface area contributed by atoms with Crippen LogP contribution in [0.5, 0.6) is 0 Å². The molecule has 86 valence electrons. The summed E-state index contributed by atoms with van der Waals surface area (Å²) in [6.07, 6.45) is 0. The Labute approximate surface area is 106 Å². The average Bonchev–Trinajstić information content (AvgIpc) is 2.30. The molecule has 0 unspecified atom stereocenters. The maximum atomic E-state index is 11.3. The van der Waals surface area contributed by atoms with E-state index in [0.717, 1.165) is 0 Å². The number of methoxy groups -OCH3 is 1. The van der Waals surface area contributed by atoms with Crippen LogP contribution in [0.15, 0.2) is 18.2 Å². The molecule has 0 fully saturated rings. The second-order valence-corrected chi connectivity index (χ2v) is 3.84. The molecule has 0 saturated heterocycles. The number of nitrogens with one attached hydrogen (secondary N) is 1. The number of carbonyl (C=O) groups excluding carboxylic acids is 2. The molecule has 1 amide bonds. The number of benzene rings is 1. The standard InChI is InChI=1S/C10H9BrClNO3/c1-16-10(15)7-4-6(2-3-8(7)12)13-9(14)5-11/h2-4H,5H2,1H3,(H,13,14). The molecule has 0 aliphatic rings. The molecule has 1 aromatic rings. The smallest absolute Gasteiger partial charge is 0.339 e. The molecule has 0 aromatic heterocycles. The molecule has 0 radical (unpaired) electrons. The van der Waals surface area contributed by atoms with Crippen LogP contribution in [0.4, 0.5) is 5.69 Å². The molecule has 4 nitrogen and oxygen atoms in total. The zero-order valence-electron chi connectivity index (χ0n) is 8.42. The predicted molar refractivity (Wildman–Crippen MR) is 65.2 cm³/mol. The Hall–Kier alpha value is -1.07. The number of hydrogen-bond acceptors (Lipinski definition) is 3. The number of ether oxygens (including phenoxy) is 1. The van der Waals surface area contributed by atoms with Crippen molar-refractivity contribution in [2.75, 3.05) is 17.8 Å². The van der Waals surface area contributed by atoms with Gasteiger partial charge in [0.2, 0.25) is 5.91 Å². The minimum absolute atomic E-state index is 0.184. The van der Waals surface area contributed by atoms with Gasteiger partial charge in [0.25, 0.3) is 0 Å². The summed E-state index contributed by atoms with van der Waals surface area (Å²) in [6.45, 7) is 0. The fraction of sp³-hybridized carbons (Fsp3) is 0.200. The monoisotopic (exact) mass is 305 g/mol. The van der Waals surface area contributed by atoms with Crippen molar-refractivity contribution in [3.8, 4) is 0 Å². The summed E-state index contributed by atoms with van der Waals surface area (Å²) in [5.74, 6) is -0.752. The quantitative estimate of drug-likeness (QED) is 0.689. The molecule has 0 aliphatic heterocycles. The van der Waals surface area contributed by atoms with Gasteiger partial charge in [-0.3, -0.25) is 4.79 Å². The van der Waals surface area contributed by atoms with Crippen molar-refractivity contribution in [3.05, 3.63) is 28.8 Å². The molecule has 16 heavy (non-hydrogen) atoms. The first kappa shape index (κ1) is 13.0. The highest BCUT2D eigenvalue weighted by atomic mass is 79.9. The van der Waals surface area contributed by atoms with E-state index >= 15 is 0 Å². The van der Waals surface area contributed by atoms with Crippen LogP contribution in [0.3, 0.4) is 0 Å². The first-order valence-electron chi connectivity index (χ1n) is 4.32. The van der Waals surface area contributed by atoms with E-state index in [1.807, 2.05) is 0 Å². The van der Waals surface area contributed by atoms with Gasteiger partial charge in [-0.05, 0) is 18.2 Å². The number of amides is 1. The molecule has 0 aliphatic carbocycles. The summed E-state index contributed by atoms with van der Waals surface area (Å²) in [6, 6.07) is 4.60. The molecule has 6 heteroatoms. The second kappa shape index (κ2) is 5.86. The van der Waals surface area contributed by atoms with Crippen LogP contribution in [-0.2, 0) is 9.53 Å². The number of carbonyl (C=O) groups is 2. The van der Waals surface area contributed by atoms with Crippen LogP contribution in [0.2, 0.25) is 5.02 Å². The predicted octanol–water partition coefficient (Wildman–Crippen LogP) is 2.46. The lowest BCUT2D eigenvalue weighted by Gasteiger charge is -2.06. The van der Waals surface area contributed by atoms with Gasteiger partial charge in [0.15, 0.2) is 0 Å². The minimum Gasteiger partial charge on any atom is -0.465 e. The first-order valence-corrected chi connectivity index (χ1v) is 5.82. The van der Waals surface area contributed by atoms with Crippen molar-refractivity contribution >= 4 is 45.1 Å². The van der Waals surface area contributed by atoms with E-state index in [9.17, 15) is 9.59 Å². The van der Waals surface area contributed by atoms with Gasteiger partial charge in [-0.2, -0.15) is 0 Å². The fourth-order valence-corrected chi connectivity index (χ4v) is 1.40. The molecule has 0 bridgehead atoms. The average molecular weight is 307 g/mol. The van der Waals surface area contributed by atoms with Crippen molar-refractivity contribution in [1.82, 2.24) is 0 Å². The van der Waals surface area contributed by atoms with Gasteiger partial charge in [0.1, 0.15) is 0 Å². The van der Waals surface area contributed by atoms with Crippen molar-refractivity contribution in [1.29, 1.82) is 0 Å². The summed E-state index contributed by atoms with van der Waals surface area (Å²) in [5.41, 5.74) is 0.714. The highest BCUT2D eigenvalue weighted by Crippen LogP contribution is 2.21. The maximum absolute atomic E-state index is 11.3. The normalized spacial score (nSPS) is 9.69. The highest BCUT2D eigenvalue weighted by Gasteiger charge is 2.12. The molecule has 1 aromatic carbocycles.